The topological polar surface area (TPSA) is 81.1 Å². The lowest BCUT2D eigenvalue weighted by Crippen LogP contribution is -2.36. The number of benzene rings is 1. The third kappa shape index (κ3) is 4.11. The van der Waals surface area contributed by atoms with Crippen molar-refractivity contribution in [3.05, 3.63) is 42.7 Å². The Balaban J connectivity index is 2.09. The molecule has 8 heteroatoms. The highest BCUT2D eigenvalue weighted by molar-refractivity contribution is 8.00. The molecule has 0 fully saturated rings. The Hall–Kier alpha value is -1.80. The van der Waals surface area contributed by atoms with E-state index < -0.39 is 21.2 Å². The lowest BCUT2D eigenvalue weighted by Gasteiger charge is -2.14. The van der Waals surface area contributed by atoms with Crippen LogP contribution in [0, 0.1) is 0 Å². The van der Waals surface area contributed by atoms with Crippen LogP contribution in [0.5, 0.6) is 0 Å². The van der Waals surface area contributed by atoms with E-state index in [2.05, 4.69) is 9.82 Å². The minimum atomic E-state index is -3.88. The SMILES string of the molecule is CC[C@@H](Sc1ccccc1)C(=O)NS(=O)(=O)c1cnn(C)c1. The number of amides is 1. The third-order valence-corrected chi connectivity index (χ3v) is 5.59. The van der Waals surface area contributed by atoms with Gasteiger partial charge in [-0.05, 0) is 18.6 Å². The van der Waals surface area contributed by atoms with Crippen LogP contribution in [0.3, 0.4) is 0 Å². The van der Waals surface area contributed by atoms with Gasteiger partial charge in [-0.2, -0.15) is 5.10 Å². The predicted octanol–water partition coefficient (Wildman–Crippen LogP) is 1.80. The molecular formula is C14H17N3O3S2. The van der Waals surface area contributed by atoms with Gasteiger partial charge in [0.25, 0.3) is 10.0 Å². The van der Waals surface area contributed by atoms with E-state index in [4.69, 9.17) is 0 Å². The number of hydrogen-bond acceptors (Lipinski definition) is 5. The molecule has 0 aliphatic heterocycles. The fourth-order valence-corrected chi connectivity index (χ4v) is 3.83. The Bertz CT molecular complexity index is 742. The Morgan fingerprint density at radius 1 is 1.36 bits per heavy atom. The fourth-order valence-electron chi connectivity index (χ4n) is 1.78. The molecule has 0 spiro atoms. The summed E-state index contributed by atoms with van der Waals surface area (Å²) in [5.74, 6) is -0.528. The quantitative estimate of drug-likeness (QED) is 0.812. The second-order valence-corrected chi connectivity index (χ2v) is 7.61. The van der Waals surface area contributed by atoms with Gasteiger partial charge < -0.3 is 0 Å². The zero-order valence-corrected chi connectivity index (χ0v) is 13.9. The molecule has 2 rings (SSSR count). The second-order valence-electron chi connectivity index (χ2n) is 4.65. The first-order valence-corrected chi connectivity index (χ1v) is 9.05. The van der Waals surface area contributed by atoms with Crippen molar-refractivity contribution >= 4 is 27.7 Å². The number of carbonyl (C=O) groups excluding carboxylic acids is 1. The molecule has 1 aromatic carbocycles. The first-order chi connectivity index (χ1) is 10.4. The molecule has 118 valence electrons. The summed E-state index contributed by atoms with van der Waals surface area (Å²) < 4.78 is 27.8. The maximum absolute atomic E-state index is 12.2. The van der Waals surface area contributed by atoms with Gasteiger partial charge >= 0.3 is 0 Å². The molecule has 22 heavy (non-hydrogen) atoms. The van der Waals surface area contributed by atoms with Crippen molar-refractivity contribution in [2.75, 3.05) is 0 Å². The molecule has 0 aliphatic rings. The van der Waals surface area contributed by atoms with Gasteiger partial charge in [0.2, 0.25) is 5.91 Å². The van der Waals surface area contributed by atoms with E-state index in [1.54, 1.807) is 7.05 Å². The molecule has 2 aromatic rings. The van der Waals surface area contributed by atoms with Crippen LogP contribution in [0.4, 0.5) is 0 Å². The Labute approximate surface area is 134 Å². The standard InChI is InChI=1S/C14H17N3O3S2/c1-3-13(21-11-7-5-4-6-8-11)14(18)16-22(19,20)12-9-15-17(2)10-12/h4-10,13H,3H2,1-2H3,(H,16,18)/t13-/m1/s1. The van der Waals surface area contributed by atoms with Gasteiger partial charge in [0.15, 0.2) is 0 Å². The van der Waals surface area contributed by atoms with Crippen LogP contribution in [0.1, 0.15) is 13.3 Å². The number of thioether (sulfide) groups is 1. The number of rotatable bonds is 6. The number of sulfonamides is 1. The fraction of sp³-hybridized carbons (Fsp3) is 0.286. The Kier molecular flexibility index (Phi) is 5.25. The van der Waals surface area contributed by atoms with Gasteiger partial charge in [-0.3, -0.25) is 9.48 Å². The van der Waals surface area contributed by atoms with Crippen molar-refractivity contribution in [1.29, 1.82) is 0 Å². The smallest absolute Gasteiger partial charge is 0.267 e. The molecule has 1 N–H and O–H groups in total. The summed E-state index contributed by atoms with van der Waals surface area (Å²) in [6.45, 7) is 1.84. The van der Waals surface area contributed by atoms with Gasteiger partial charge in [0.1, 0.15) is 4.90 Å². The van der Waals surface area contributed by atoms with E-state index in [-0.39, 0.29) is 4.90 Å². The summed E-state index contributed by atoms with van der Waals surface area (Å²) in [6, 6.07) is 9.41. The van der Waals surface area contributed by atoms with Crippen LogP contribution < -0.4 is 4.72 Å². The first kappa shape index (κ1) is 16.6. The minimum absolute atomic E-state index is 0.0251. The molecule has 0 aliphatic carbocycles. The van der Waals surface area contributed by atoms with Crippen molar-refractivity contribution in [2.45, 2.75) is 28.4 Å². The van der Waals surface area contributed by atoms with Crippen LogP contribution in [-0.2, 0) is 21.9 Å². The molecule has 0 radical (unpaired) electrons. The van der Waals surface area contributed by atoms with E-state index in [1.807, 2.05) is 37.3 Å². The molecule has 1 aromatic heterocycles. The van der Waals surface area contributed by atoms with Crippen LogP contribution in [0.15, 0.2) is 52.5 Å². The van der Waals surface area contributed by atoms with Gasteiger partial charge in [-0.25, -0.2) is 13.1 Å². The lowest BCUT2D eigenvalue weighted by molar-refractivity contribution is -0.118. The Morgan fingerprint density at radius 2 is 2.05 bits per heavy atom. The zero-order chi connectivity index (χ0) is 16.2. The summed E-state index contributed by atoms with van der Waals surface area (Å²) in [5, 5.41) is 3.33. The molecule has 0 saturated heterocycles. The van der Waals surface area contributed by atoms with Gasteiger partial charge in [0, 0.05) is 18.1 Å². The van der Waals surface area contributed by atoms with Gasteiger partial charge in [-0.15, -0.1) is 11.8 Å². The summed E-state index contributed by atoms with van der Waals surface area (Å²) in [6.07, 6.45) is 3.08. The second kappa shape index (κ2) is 6.97. The lowest BCUT2D eigenvalue weighted by atomic mass is 10.3. The van der Waals surface area contributed by atoms with Crippen molar-refractivity contribution in [1.82, 2.24) is 14.5 Å². The zero-order valence-electron chi connectivity index (χ0n) is 12.3. The van der Waals surface area contributed by atoms with Crippen molar-refractivity contribution in [3.63, 3.8) is 0 Å². The number of aromatic nitrogens is 2. The number of nitrogens with zero attached hydrogens (tertiary/aromatic N) is 2. The number of carbonyl (C=O) groups is 1. The number of hydrogen-bond donors (Lipinski definition) is 1. The van der Waals surface area contributed by atoms with E-state index in [0.29, 0.717) is 6.42 Å². The molecular weight excluding hydrogens is 322 g/mol. The van der Waals surface area contributed by atoms with Crippen LogP contribution in [-0.4, -0.2) is 29.4 Å². The predicted molar refractivity (Wildman–Crippen MR) is 84.9 cm³/mol. The van der Waals surface area contributed by atoms with Crippen LogP contribution in [0.2, 0.25) is 0 Å². The highest BCUT2D eigenvalue weighted by Crippen LogP contribution is 2.25. The Morgan fingerprint density at radius 3 is 2.59 bits per heavy atom. The molecule has 0 unspecified atom stereocenters. The molecule has 1 heterocycles. The molecule has 1 atom stereocenters. The summed E-state index contributed by atoms with van der Waals surface area (Å²) in [4.78, 5) is 13.1. The van der Waals surface area contributed by atoms with Crippen molar-refractivity contribution in [3.8, 4) is 0 Å². The minimum Gasteiger partial charge on any atom is -0.274 e. The van der Waals surface area contributed by atoms with Crippen LogP contribution >= 0.6 is 11.8 Å². The highest BCUT2D eigenvalue weighted by atomic mass is 32.2. The maximum Gasteiger partial charge on any atom is 0.267 e. The summed E-state index contributed by atoms with van der Waals surface area (Å²) >= 11 is 1.34. The molecule has 0 bridgehead atoms. The maximum atomic E-state index is 12.2. The number of aryl methyl sites for hydroxylation is 1. The summed E-state index contributed by atoms with van der Waals surface area (Å²) in [7, 11) is -2.27. The van der Waals surface area contributed by atoms with Crippen molar-refractivity contribution in [2.24, 2.45) is 7.05 Å². The van der Waals surface area contributed by atoms with Crippen molar-refractivity contribution < 1.29 is 13.2 Å². The van der Waals surface area contributed by atoms with Crippen LogP contribution in [0.25, 0.3) is 0 Å². The monoisotopic (exact) mass is 339 g/mol. The number of nitrogens with one attached hydrogen (secondary N) is 1. The average molecular weight is 339 g/mol. The largest absolute Gasteiger partial charge is 0.274 e. The summed E-state index contributed by atoms with van der Waals surface area (Å²) in [5.41, 5.74) is 0. The van der Waals surface area contributed by atoms with E-state index >= 15 is 0 Å². The molecule has 1 amide bonds. The van der Waals surface area contributed by atoms with E-state index in [0.717, 1.165) is 4.90 Å². The first-order valence-electron chi connectivity index (χ1n) is 6.69. The third-order valence-electron chi connectivity index (χ3n) is 2.91. The average Bonchev–Trinajstić information content (AvgIpc) is 2.93. The molecule has 0 saturated carbocycles. The normalized spacial score (nSPS) is 12.8. The van der Waals surface area contributed by atoms with Gasteiger partial charge in [-0.1, -0.05) is 25.1 Å². The van der Waals surface area contributed by atoms with Gasteiger partial charge in [0.05, 0.1) is 11.4 Å². The van der Waals surface area contributed by atoms with E-state index in [9.17, 15) is 13.2 Å². The van der Waals surface area contributed by atoms with E-state index in [1.165, 1.54) is 28.8 Å². The molecule has 6 nitrogen and oxygen atoms in total. The highest BCUT2D eigenvalue weighted by Gasteiger charge is 2.25.